The van der Waals surface area contributed by atoms with Crippen LogP contribution >= 0.6 is 0 Å². The first-order chi connectivity index (χ1) is 8.66. The van der Waals surface area contributed by atoms with Crippen LogP contribution in [0.25, 0.3) is 11.3 Å². The Balaban J connectivity index is 2.12. The summed E-state index contributed by atoms with van der Waals surface area (Å²) in [4.78, 5) is 4.61. The van der Waals surface area contributed by atoms with Crippen molar-refractivity contribution in [3.8, 4) is 11.3 Å². The number of hydrogen-bond acceptors (Lipinski definition) is 2. The second-order valence-corrected chi connectivity index (χ2v) is 4.82. The van der Waals surface area contributed by atoms with Crippen molar-refractivity contribution in [1.82, 2.24) is 9.55 Å². The molecule has 2 atom stereocenters. The zero-order valence-corrected chi connectivity index (χ0v) is 10.3. The zero-order valence-electron chi connectivity index (χ0n) is 10.3. The van der Waals surface area contributed by atoms with Gasteiger partial charge in [0.2, 0.25) is 0 Å². The fourth-order valence-electron chi connectivity index (χ4n) is 2.59. The Labute approximate surface area is 105 Å². The molecule has 1 aliphatic rings. The van der Waals surface area contributed by atoms with E-state index in [1.165, 1.54) is 0 Å². The number of alkyl halides is 1. The average Bonchev–Trinajstić information content (AvgIpc) is 2.69. The van der Waals surface area contributed by atoms with Gasteiger partial charge in [0.15, 0.2) is 0 Å². The Morgan fingerprint density at radius 3 is 2.78 bits per heavy atom. The van der Waals surface area contributed by atoms with Gasteiger partial charge >= 0.3 is 0 Å². The van der Waals surface area contributed by atoms with Crippen LogP contribution in [0.1, 0.15) is 24.0 Å². The molecule has 18 heavy (non-hydrogen) atoms. The molecule has 0 spiro atoms. The molecule has 0 bridgehead atoms. The maximum atomic E-state index is 13.6. The third-order valence-electron chi connectivity index (χ3n) is 3.52. The second-order valence-electron chi connectivity index (χ2n) is 4.82. The first-order valence-electron chi connectivity index (χ1n) is 6.19. The van der Waals surface area contributed by atoms with Crippen LogP contribution in [0.15, 0.2) is 30.3 Å². The standard InChI is InChI=1S/C14H16FN3/c1-9-13(10-5-3-2-4-6-10)17-14-12(16)7-11(15)8-18(9)14/h2-6,11-12H,7-8,16H2,1H3. The smallest absolute Gasteiger partial charge is 0.126 e. The summed E-state index contributed by atoms with van der Waals surface area (Å²) < 4.78 is 15.5. The predicted octanol–water partition coefficient (Wildman–Crippen LogP) is 2.60. The number of hydrogen-bond donors (Lipinski definition) is 1. The van der Waals surface area contributed by atoms with Gasteiger partial charge in [0.05, 0.1) is 18.3 Å². The van der Waals surface area contributed by atoms with Crippen LogP contribution in [-0.4, -0.2) is 15.7 Å². The second kappa shape index (κ2) is 4.21. The van der Waals surface area contributed by atoms with Gasteiger partial charge in [-0.3, -0.25) is 0 Å². The third kappa shape index (κ3) is 1.73. The number of nitrogens with zero attached hydrogens (tertiary/aromatic N) is 2. The fourth-order valence-corrected chi connectivity index (χ4v) is 2.59. The number of rotatable bonds is 1. The highest BCUT2D eigenvalue weighted by Gasteiger charge is 2.28. The molecule has 1 aromatic carbocycles. The van der Waals surface area contributed by atoms with Gasteiger partial charge in [-0.05, 0) is 6.92 Å². The van der Waals surface area contributed by atoms with Gasteiger partial charge in [-0.2, -0.15) is 0 Å². The average molecular weight is 245 g/mol. The van der Waals surface area contributed by atoms with E-state index >= 15 is 0 Å². The topological polar surface area (TPSA) is 43.8 Å². The molecule has 0 amide bonds. The molecule has 2 heterocycles. The molecule has 0 radical (unpaired) electrons. The van der Waals surface area contributed by atoms with E-state index in [4.69, 9.17) is 5.73 Å². The summed E-state index contributed by atoms with van der Waals surface area (Å²) in [5.41, 5.74) is 8.94. The molecule has 2 unspecified atom stereocenters. The van der Waals surface area contributed by atoms with Gasteiger partial charge in [0.1, 0.15) is 12.0 Å². The van der Waals surface area contributed by atoms with Crippen LogP contribution in [0.3, 0.4) is 0 Å². The van der Waals surface area contributed by atoms with Crippen LogP contribution in [-0.2, 0) is 6.54 Å². The summed E-state index contributed by atoms with van der Waals surface area (Å²) >= 11 is 0. The highest BCUT2D eigenvalue weighted by Crippen LogP contribution is 2.31. The van der Waals surface area contributed by atoms with Gasteiger partial charge in [-0.15, -0.1) is 0 Å². The summed E-state index contributed by atoms with van der Waals surface area (Å²) in [7, 11) is 0. The molecule has 4 heteroatoms. The van der Waals surface area contributed by atoms with E-state index < -0.39 is 6.17 Å². The normalized spacial score (nSPS) is 22.8. The summed E-state index contributed by atoms with van der Waals surface area (Å²) in [5.74, 6) is 0.806. The van der Waals surface area contributed by atoms with E-state index in [0.717, 1.165) is 22.8 Å². The van der Waals surface area contributed by atoms with E-state index in [2.05, 4.69) is 4.98 Å². The summed E-state index contributed by atoms with van der Waals surface area (Å²) in [6.45, 7) is 2.35. The quantitative estimate of drug-likeness (QED) is 0.839. The molecule has 3 rings (SSSR count). The van der Waals surface area contributed by atoms with Gasteiger partial charge in [-0.1, -0.05) is 30.3 Å². The Morgan fingerprint density at radius 2 is 2.06 bits per heavy atom. The molecule has 94 valence electrons. The van der Waals surface area contributed by atoms with Crippen LogP contribution in [0.4, 0.5) is 4.39 Å². The predicted molar refractivity (Wildman–Crippen MR) is 68.8 cm³/mol. The lowest BCUT2D eigenvalue weighted by molar-refractivity contribution is 0.229. The van der Waals surface area contributed by atoms with Gasteiger partial charge < -0.3 is 10.3 Å². The number of aromatic nitrogens is 2. The number of halogens is 1. The van der Waals surface area contributed by atoms with Crippen molar-refractivity contribution in [3.05, 3.63) is 41.9 Å². The Kier molecular flexibility index (Phi) is 2.67. The largest absolute Gasteiger partial charge is 0.327 e. The van der Waals surface area contributed by atoms with Gasteiger partial charge in [0, 0.05) is 17.7 Å². The van der Waals surface area contributed by atoms with E-state index in [1.807, 2.05) is 41.8 Å². The van der Waals surface area contributed by atoms with Crippen molar-refractivity contribution in [2.45, 2.75) is 32.1 Å². The fraction of sp³-hybridized carbons (Fsp3) is 0.357. The van der Waals surface area contributed by atoms with Crippen molar-refractivity contribution in [3.63, 3.8) is 0 Å². The SMILES string of the molecule is Cc1c(-c2ccccc2)nc2n1CC(F)CC2N. The van der Waals surface area contributed by atoms with Crippen LogP contribution < -0.4 is 5.73 Å². The lowest BCUT2D eigenvalue weighted by Gasteiger charge is -2.23. The van der Waals surface area contributed by atoms with E-state index in [1.54, 1.807) is 0 Å². The van der Waals surface area contributed by atoms with E-state index in [9.17, 15) is 4.39 Å². The maximum Gasteiger partial charge on any atom is 0.126 e. The molecule has 3 nitrogen and oxygen atoms in total. The zero-order chi connectivity index (χ0) is 12.7. The number of benzene rings is 1. The van der Waals surface area contributed by atoms with Gasteiger partial charge in [0.25, 0.3) is 0 Å². The molecule has 1 aliphatic heterocycles. The molecule has 1 aromatic heterocycles. The number of fused-ring (bicyclic) bond motifs is 1. The molecule has 0 aliphatic carbocycles. The lowest BCUT2D eigenvalue weighted by Crippen LogP contribution is -2.30. The minimum absolute atomic E-state index is 0.301. The summed E-state index contributed by atoms with van der Waals surface area (Å²) in [5, 5.41) is 0. The molecule has 0 fully saturated rings. The lowest BCUT2D eigenvalue weighted by atomic mass is 10.1. The molecule has 2 aromatic rings. The van der Waals surface area contributed by atoms with Crippen LogP contribution in [0.2, 0.25) is 0 Å². The minimum Gasteiger partial charge on any atom is -0.327 e. The van der Waals surface area contributed by atoms with Crippen molar-refractivity contribution in [1.29, 1.82) is 0 Å². The summed E-state index contributed by atoms with van der Waals surface area (Å²) in [6, 6.07) is 9.65. The maximum absolute atomic E-state index is 13.6. The van der Waals surface area contributed by atoms with Crippen molar-refractivity contribution < 1.29 is 4.39 Å². The molecule has 2 N–H and O–H groups in total. The Bertz CT molecular complexity index is 562. The molecular weight excluding hydrogens is 229 g/mol. The third-order valence-corrected chi connectivity index (χ3v) is 3.52. The van der Waals surface area contributed by atoms with Crippen molar-refractivity contribution in [2.75, 3.05) is 0 Å². The van der Waals surface area contributed by atoms with Crippen LogP contribution in [0, 0.1) is 6.92 Å². The Hall–Kier alpha value is -1.68. The van der Waals surface area contributed by atoms with Gasteiger partial charge in [-0.25, -0.2) is 9.37 Å². The molecular formula is C14H16FN3. The number of imidazole rings is 1. The highest BCUT2D eigenvalue weighted by atomic mass is 19.1. The van der Waals surface area contributed by atoms with Crippen molar-refractivity contribution >= 4 is 0 Å². The first kappa shape index (κ1) is 11.4. The number of nitrogens with two attached hydrogens (primary N) is 1. The van der Waals surface area contributed by atoms with E-state index in [-0.39, 0.29) is 6.04 Å². The summed E-state index contributed by atoms with van der Waals surface area (Å²) in [6.07, 6.45) is -0.506. The molecule has 0 saturated heterocycles. The first-order valence-corrected chi connectivity index (χ1v) is 6.19. The minimum atomic E-state index is -0.871. The van der Waals surface area contributed by atoms with Crippen LogP contribution in [0.5, 0.6) is 0 Å². The van der Waals surface area contributed by atoms with Crippen molar-refractivity contribution in [2.24, 2.45) is 5.73 Å². The monoisotopic (exact) mass is 245 g/mol. The Morgan fingerprint density at radius 1 is 1.33 bits per heavy atom. The highest BCUT2D eigenvalue weighted by molar-refractivity contribution is 5.62. The van der Waals surface area contributed by atoms with E-state index in [0.29, 0.717) is 13.0 Å². The molecule has 0 saturated carbocycles.